The van der Waals surface area contributed by atoms with Crippen LogP contribution in [0.2, 0.25) is 0 Å². The van der Waals surface area contributed by atoms with E-state index in [9.17, 15) is 9.59 Å². The second kappa shape index (κ2) is 9.03. The molecule has 4 N–H and O–H groups in total. The predicted molar refractivity (Wildman–Crippen MR) is 120 cm³/mol. The van der Waals surface area contributed by atoms with Crippen LogP contribution in [0.25, 0.3) is 0 Å². The van der Waals surface area contributed by atoms with Gasteiger partial charge < -0.3 is 26.2 Å². The second-order valence-electron chi connectivity index (χ2n) is 7.72. The third-order valence-corrected chi connectivity index (χ3v) is 5.63. The van der Waals surface area contributed by atoms with E-state index in [1.807, 2.05) is 17.0 Å². The molecule has 0 radical (unpaired) electrons. The summed E-state index contributed by atoms with van der Waals surface area (Å²) in [5.41, 5.74) is 6.57. The van der Waals surface area contributed by atoms with Crippen molar-refractivity contribution < 1.29 is 9.59 Å². The molecule has 0 aliphatic carbocycles. The van der Waals surface area contributed by atoms with Gasteiger partial charge in [0.05, 0.1) is 17.4 Å². The van der Waals surface area contributed by atoms with Gasteiger partial charge in [0.25, 0.3) is 5.91 Å². The quantitative estimate of drug-likeness (QED) is 0.587. The molecule has 2 fully saturated rings. The number of nitrogens with zero attached hydrogens (tertiary/aromatic N) is 4. The van der Waals surface area contributed by atoms with Crippen LogP contribution in [0.15, 0.2) is 43.1 Å². The number of carbonyl (C=O) groups is 2. The van der Waals surface area contributed by atoms with E-state index in [1.54, 1.807) is 18.3 Å². The molecular weight excluding hydrogens is 394 g/mol. The normalized spacial score (nSPS) is 18.1. The first-order valence-corrected chi connectivity index (χ1v) is 10.5. The van der Waals surface area contributed by atoms with Gasteiger partial charge in [0.2, 0.25) is 5.91 Å². The first-order valence-electron chi connectivity index (χ1n) is 10.5. The lowest BCUT2D eigenvalue weighted by Gasteiger charge is -2.27. The monoisotopic (exact) mass is 421 g/mol. The molecule has 2 aliphatic heterocycles. The van der Waals surface area contributed by atoms with Gasteiger partial charge in [-0.25, -0.2) is 9.97 Å². The van der Waals surface area contributed by atoms with Crippen LogP contribution < -0.4 is 26.2 Å². The van der Waals surface area contributed by atoms with Gasteiger partial charge in [-0.15, -0.1) is 0 Å². The highest BCUT2D eigenvalue weighted by Crippen LogP contribution is 2.28. The lowest BCUT2D eigenvalue weighted by atomic mass is 10.2. The summed E-state index contributed by atoms with van der Waals surface area (Å²) in [4.78, 5) is 37.2. The van der Waals surface area contributed by atoms with Gasteiger partial charge in [-0.05, 0) is 56.0 Å². The Balaban J connectivity index is 1.56. The molecule has 162 valence electrons. The van der Waals surface area contributed by atoms with Gasteiger partial charge in [-0.1, -0.05) is 6.58 Å². The average Bonchev–Trinajstić information content (AvgIpc) is 3.46. The van der Waals surface area contributed by atoms with Crippen molar-refractivity contribution in [1.29, 1.82) is 0 Å². The molecule has 2 aliphatic rings. The molecule has 2 aromatic rings. The topological polar surface area (TPSA) is 116 Å². The van der Waals surface area contributed by atoms with E-state index in [0.29, 0.717) is 22.9 Å². The molecule has 4 heterocycles. The summed E-state index contributed by atoms with van der Waals surface area (Å²) in [6.45, 7) is 6.30. The fraction of sp³-hybridized carbons (Fsp3) is 0.364. The van der Waals surface area contributed by atoms with Crippen molar-refractivity contribution in [2.24, 2.45) is 5.73 Å². The molecule has 4 rings (SSSR count). The standard InChI is InChI=1S/C22H27N7O2/c1-2-20(30)26-18-6-5-13-29(18)19-10-8-16(21(23)31)22(27-19)25-15-7-9-17(24-14-15)28-11-3-4-12-28/h2,7-10,14,18H,1,3-6,11-13H2,(H2,23,31)(H,25,27)(H,26,30). The van der Waals surface area contributed by atoms with Crippen molar-refractivity contribution in [1.82, 2.24) is 15.3 Å². The molecule has 2 aromatic heterocycles. The van der Waals surface area contributed by atoms with Crippen LogP contribution in [0.5, 0.6) is 0 Å². The molecule has 1 unspecified atom stereocenters. The number of hydrogen-bond acceptors (Lipinski definition) is 7. The zero-order valence-corrected chi connectivity index (χ0v) is 17.4. The molecule has 0 spiro atoms. The van der Waals surface area contributed by atoms with Crippen molar-refractivity contribution in [2.75, 3.05) is 34.8 Å². The average molecular weight is 422 g/mol. The first kappa shape index (κ1) is 20.6. The van der Waals surface area contributed by atoms with E-state index in [4.69, 9.17) is 5.73 Å². The first-order chi connectivity index (χ1) is 15.0. The van der Waals surface area contributed by atoms with E-state index in [1.165, 1.54) is 18.9 Å². The van der Waals surface area contributed by atoms with Crippen LogP contribution in [0, 0.1) is 0 Å². The fourth-order valence-electron chi connectivity index (χ4n) is 4.05. The van der Waals surface area contributed by atoms with Crippen LogP contribution in [-0.2, 0) is 4.79 Å². The Kier molecular flexibility index (Phi) is 6.01. The van der Waals surface area contributed by atoms with E-state index >= 15 is 0 Å². The predicted octanol–water partition coefficient (Wildman–Crippen LogP) is 2.15. The highest BCUT2D eigenvalue weighted by atomic mass is 16.2. The third-order valence-electron chi connectivity index (χ3n) is 5.63. The van der Waals surface area contributed by atoms with Gasteiger partial charge >= 0.3 is 0 Å². The Labute approximate surface area is 181 Å². The number of primary amides is 1. The Morgan fingerprint density at radius 2 is 1.87 bits per heavy atom. The minimum absolute atomic E-state index is 0.174. The molecule has 0 saturated carbocycles. The molecule has 2 saturated heterocycles. The summed E-state index contributed by atoms with van der Waals surface area (Å²) >= 11 is 0. The minimum atomic E-state index is -0.568. The molecule has 9 nitrogen and oxygen atoms in total. The Morgan fingerprint density at radius 3 is 2.55 bits per heavy atom. The van der Waals surface area contributed by atoms with E-state index in [-0.39, 0.29) is 12.1 Å². The maximum Gasteiger partial charge on any atom is 0.252 e. The number of pyridine rings is 2. The Morgan fingerprint density at radius 1 is 1.10 bits per heavy atom. The summed E-state index contributed by atoms with van der Waals surface area (Å²) in [5, 5.41) is 6.10. The van der Waals surface area contributed by atoms with Gasteiger partial charge in [-0.3, -0.25) is 9.59 Å². The number of hydrogen-bond donors (Lipinski definition) is 3. The van der Waals surface area contributed by atoms with Crippen LogP contribution in [-0.4, -0.2) is 47.6 Å². The largest absolute Gasteiger partial charge is 0.365 e. The number of nitrogens with two attached hydrogens (primary N) is 1. The number of nitrogens with one attached hydrogen (secondary N) is 2. The van der Waals surface area contributed by atoms with Gasteiger partial charge in [0, 0.05) is 19.6 Å². The zero-order valence-electron chi connectivity index (χ0n) is 17.4. The molecule has 2 amide bonds. The minimum Gasteiger partial charge on any atom is -0.365 e. The van der Waals surface area contributed by atoms with Crippen LogP contribution in [0.4, 0.5) is 23.1 Å². The summed E-state index contributed by atoms with van der Waals surface area (Å²) in [7, 11) is 0. The Bertz CT molecular complexity index is 970. The summed E-state index contributed by atoms with van der Waals surface area (Å²) in [6, 6.07) is 7.29. The van der Waals surface area contributed by atoms with Crippen LogP contribution >= 0.6 is 0 Å². The molecule has 31 heavy (non-hydrogen) atoms. The molecule has 0 aromatic carbocycles. The highest BCUT2D eigenvalue weighted by Gasteiger charge is 2.27. The molecule has 0 bridgehead atoms. The number of aromatic nitrogens is 2. The van der Waals surface area contributed by atoms with Crippen molar-refractivity contribution in [3.63, 3.8) is 0 Å². The second-order valence-corrected chi connectivity index (χ2v) is 7.72. The SMILES string of the molecule is C=CC(=O)NC1CCCN1c1ccc(C(N)=O)c(Nc2ccc(N3CCCC3)nc2)n1. The Hall–Kier alpha value is -3.62. The summed E-state index contributed by atoms with van der Waals surface area (Å²) in [6.07, 6.45) is 6.92. The van der Waals surface area contributed by atoms with Crippen molar-refractivity contribution in [3.8, 4) is 0 Å². The molecule has 9 heteroatoms. The molecule has 1 atom stereocenters. The van der Waals surface area contributed by atoms with Gasteiger partial charge in [0.15, 0.2) is 0 Å². The lowest BCUT2D eigenvalue weighted by Crippen LogP contribution is -2.44. The van der Waals surface area contributed by atoms with Gasteiger partial charge in [0.1, 0.15) is 23.6 Å². The summed E-state index contributed by atoms with van der Waals surface area (Å²) < 4.78 is 0. The highest BCUT2D eigenvalue weighted by molar-refractivity contribution is 5.98. The van der Waals surface area contributed by atoms with E-state index in [0.717, 1.165) is 38.3 Å². The van der Waals surface area contributed by atoms with Gasteiger partial charge in [-0.2, -0.15) is 0 Å². The maximum atomic E-state index is 12.0. The van der Waals surface area contributed by atoms with E-state index in [2.05, 4.69) is 32.1 Å². The third kappa shape index (κ3) is 4.60. The number of amides is 2. The van der Waals surface area contributed by atoms with Crippen LogP contribution in [0.1, 0.15) is 36.0 Å². The number of rotatable bonds is 7. The smallest absolute Gasteiger partial charge is 0.252 e. The summed E-state index contributed by atoms with van der Waals surface area (Å²) in [5.74, 6) is 1.16. The van der Waals surface area contributed by atoms with E-state index < -0.39 is 5.91 Å². The van der Waals surface area contributed by atoms with Crippen LogP contribution in [0.3, 0.4) is 0 Å². The lowest BCUT2D eigenvalue weighted by molar-refractivity contribution is -0.117. The maximum absolute atomic E-state index is 12.0. The number of anilines is 4. The van der Waals surface area contributed by atoms with Crippen molar-refractivity contribution >= 4 is 35.0 Å². The zero-order chi connectivity index (χ0) is 21.8. The van der Waals surface area contributed by atoms with Crippen molar-refractivity contribution in [3.05, 3.63) is 48.7 Å². The molecular formula is C22H27N7O2. The number of carbonyl (C=O) groups excluding carboxylic acids is 2. The fourth-order valence-corrected chi connectivity index (χ4v) is 4.05. The van der Waals surface area contributed by atoms with Crippen molar-refractivity contribution in [2.45, 2.75) is 31.8 Å².